The van der Waals surface area contributed by atoms with Gasteiger partial charge in [-0.15, -0.1) is 5.10 Å². The molecule has 0 aliphatic carbocycles. The van der Waals surface area contributed by atoms with Crippen molar-refractivity contribution in [1.29, 1.82) is 0 Å². The third-order valence-electron chi connectivity index (χ3n) is 2.87. The highest BCUT2D eigenvalue weighted by Gasteiger charge is 2.23. The molecule has 0 aromatic carbocycles. The molecule has 2 heterocycles. The highest BCUT2D eigenvalue weighted by molar-refractivity contribution is 5.25. The predicted octanol–water partition coefficient (Wildman–Crippen LogP) is 0.576. The zero-order valence-electron chi connectivity index (χ0n) is 10.3. The van der Waals surface area contributed by atoms with Crippen molar-refractivity contribution < 1.29 is 9.15 Å². The van der Waals surface area contributed by atoms with E-state index in [-0.39, 0.29) is 6.10 Å². The van der Waals surface area contributed by atoms with E-state index < -0.39 is 0 Å². The molecular weight excluding hydrogens is 220 g/mol. The lowest BCUT2D eigenvalue weighted by molar-refractivity contribution is 0.0516. The Kier molecular flexibility index (Phi) is 4.33. The molecule has 1 aromatic heterocycles. The summed E-state index contributed by atoms with van der Waals surface area (Å²) in [6.45, 7) is 5.08. The molecular formula is C11H20N4O2. The minimum absolute atomic E-state index is 0.276. The van der Waals surface area contributed by atoms with Crippen molar-refractivity contribution in [2.24, 2.45) is 5.73 Å². The van der Waals surface area contributed by atoms with E-state index in [1.54, 1.807) is 0 Å². The minimum Gasteiger partial charge on any atom is -0.408 e. The Morgan fingerprint density at radius 2 is 2.41 bits per heavy atom. The Balaban J connectivity index is 1.95. The second kappa shape index (κ2) is 5.97. The first-order chi connectivity index (χ1) is 8.33. The van der Waals surface area contributed by atoms with Crippen LogP contribution in [0.25, 0.3) is 0 Å². The number of aromatic nitrogens is 2. The van der Waals surface area contributed by atoms with Gasteiger partial charge in [0.15, 0.2) is 0 Å². The summed E-state index contributed by atoms with van der Waals surface area (Å²) >= 11 is 0. The third kappa shape index (κ3) is 3.17. The van der Waals surface area contributed by atoms with Gasteiger partial charge >= 0.3 is 6.01 Å². The molecule has 1 aliphatic heterocycles. The van der Waals surface area contributed by atoms with Gasteiger partial charge in [0.05, 0.1) is 6.10 Å². The fourth-order valence-electron chi connectivity index (χ4n) is 2.08. The molecule has 0 saturated carbocycles. The molecule has 1 saturated heterocycles. The van der Waals surface area contributed by atoms with Gasteiger partial charge in [-0.25, -0.2) is 0 Å². The molecule has 1 aliphatic rings. The first-order valence-corrected chi connectivity index (χ1v) is 6.22. The normalized spacial score (nSPS) is 20.8. The van der Waals surface area contributed by atoms with Gasteiger partial charge < -0.3 is 19.8 Å². The Morgan fingerprint density at radius 1 is 1.53 bits per heavy atom. The number of hydrogen-bond donors (Lipinski definition) is 1. The fraction of sp³-hybridized carbons (Fsp3) is 0.818. The van der Waals surface area contributed by atoms with Crippen LogP contribution in [0.3, 0.4) is 0 Å². The molecule has 0 bridgehead atoms. The number of nitrogens with two attached hydrogens (primary N) is 1. The minimum atomic E-state index is 0.276. The second-order valence-corrected chi connectivity index (χ2v) is 4.18. The van der Waals surface area contributed by atoms with E-state index in [0.717, 1.165) is 32.5 Å². The van der Waals surface area contributed by atoms with E-state index in [0.29, 0.717) is 24.9 Å². The van der Waals surface area contributed by atoms with Crippen LogP contribution in [-0.4, -0.2) is 42.5 Å². The van der Waals surface area contributed by atoms with Crippen LogP contribution in [0.2, 0.25) is 0 Å². The van der Waals surface area contributed by atoms with E-state index in [4.69, 9.17) is 14.9 Å². The lowest BCUT2D eigenvalue weighted by atomic mass is 10.1. The SMILES string of the molecule is CCOC1CCCN(c2nnc(CCN)o2)C1. The van der Waals surface area contributed by atoms with E-state index >= 15 is 0 Å². The molecule has 17 heavy (non-hydrogen) atoms. The van der Waals surface area contributed by atoms with E-state index in [1.807, 2.05) is 6.92 Å². The van der Waals surface area contributed by atoms with Gasteiger partial charge in [-0.2, -0.15) is 0 Å². The van der Waals surface area contributed by atoms with Crippen molar-refractivity contribution in [3.05, 3.63) is 5.89 Å². The quantitative estimate of drug-likeness (QED) is 0.811. The van der Waals surface area contributed by atoms with Gasteiger partial charge in [-0.3, -0.25) is 0 Å². The third-order valence-corrected chi connectivity index (χ3v) is 2.87. The van der Waals surface area contributed by atoms with Crippen LogP contribution in [0.4, 0.5) is 6.01 Å². The molecule has 0 spiro atoms. The molecule has 6 heteroatoms. The van der Waals surface area contributed by atoms with Gasteiger partial charge in [-0.1, -0.05) is 5.10 Å². The van der Waals surface area contributed by atoms with Crippen molar-refractivity contribution in [3.63, 3.8) is 0 Å². The predicted molar refractivity (Wildman–Crippen MR) is 63.9 cm³/mol. The van der Waals surface area contributed by atoms with E-state index in [2.05, 4.69) is 15.1 Å². The van der Waals surface area contributed by atoms with E-state index in [1.165, 1.54) is 0 Å². The number of anilines is 1. The largest absolute Gasteiger partial charge is 0.408 e. The number of rotatable bonds is 5. The maximum atomic E-state index is 5.64. The Morgan fingerprint density at radius 3 is 3.18 bits per heavy atom. The summed E-state index contributed by atoms with van der Waals surface area (Å²) in [5.41, 5.74) is 5.45. The van der Waals surface area contributed by atoms with E-state index in [9.17, 15) is 0 Å². The molecule has 6 nitrogen and oxygen atoms in total. The van der Waals surface area contributed by atoms with Crippen LogP contribution < -0.4 is 10.6 Å². The van der Waals surface area contributed by atoms with Gasteiger partial charge in [-0.05, 0) is 19.8 Å². The summed E-state index contributed by atoms with van der Waals surface area (Å²) in [4.78, 5) is 2.09. The van der Waals surface area contributed by atoms with Crippen molar-refractivity contribution >= 4 is 6.01 Å². The molecule has 1 aromatic rings. The van der Waals surface area contributed by atoms with Crippen LogP contribution in [0, 0.1) is 0 Å². The van der Waals surface area contributed by atoms with Crippen molar-refractivity contribution in [3.8, 4) is 0 Å². The average molecular weight is 240 g/mol. The van der Waals surface area contributed by atoms with Gasteiger partial charge in [0, 0.05) is 32.7 Å². The molecule has 1 unspecified atom stereocenters. The molecule has 1 atom stereocenters. The second-order valence-electron chi connectivity index (χ2n) is 4.18. The molecule has 0 amide bonds. The summed E-state index contributed by atoms with van der Waals surface area (Å²) < 4.78 is 11.2. The Labute approximate surface area is 101 Å². The first kappa shape index (κ1) is 12.3. The number of ether oxygens (including phenoxy) is 1. The number of piperidine rings is 1. The molecule has 2 rings (SSSR count). The highest BCUT2D eigenvalue weighted by Crippen LogP contribution is 2.20. The molecule has 2 N–H and O–H groups in total. The lowest BCUT2D eigenvalue weighted by Gasteiger charge is -2.30. The van der Waals surface area contributed by atoms with Crippen molar-refractivity contribution in [1.82, 2.24) is 10.2 Å². The van der Waals surface area contributed by atoms with Crippen LogP contribution in [-0.2, 0) is 11.2 Å². The maximum absolute atomic E-state index is 5.64. The smallest absolute Gasteiger partial charge is 0.318 e. The maximum Gasteiger partial charge on any atom is 0.318 e. The summed E-state index contributed by atoms with van der Waals surface area (Å²) in [6, 6.07) is 0.595. The Bertz CT molecular complexity index is 340. The number of nitrogens with zero attached hydrogens (tertiary/aromatic N) is 3. The summed E-state index contributed by atoms with van der Waals surface area (Å²) in [5.74, 6) is 0.612. The van der Waals surface area contributed by atoms with Crippen LogP contribution in [0.5, 0.6) is 0 Å². The van der Waals surface area contributed by atoms with Crippen molar-refractivity contribution in [2.75, 3.05) is 31.1 Å². The zero-order valence-corrected chi connectivity index (χ0v) is 10.3. The fourth-order valence-corrected chi connectivity index (χ4v) is 2.08. The number of hydrogen-bond acceptors (Lipinski definition) is 6. The molecule has 1 fully saturated rings. The van der Waals surface area contributed by atoms with Crippen LogP contribution >= 0.6 is 0 Å². The zero-order chi connectivity index (χ0) is 12.1. The molecule has 96 valence electrons. The monoisotopic (exact) mass is 240 g/mol. The Hall–Kier alpha value is -1.14. The van der Waals surface area contributed by atoms with Gasteiger partial charge in [0.2, 0.25) is 5.89 Å². The summed E-state index contributed by atoms with van der Waals surface area (Å²) in [7, 11) is 0. The van der Waals surface area contributed by atoms with Crippen LogP contribution in [0.1, 0.15) is 25.7 Å². The first-order valence-electron chi connectivity index (χ1n) is 6.22. The highest BCUT2D eigenvalue weighted by atomic mass is 16.5. The van der Waals surface area contributed by atoms with Gasteiger partial charge in [0.25, 0.3) is 0 Å². The summed E-state index contributed by atoms with van der Waals surface area (Å²) in [5, 5.41) is 8.02. The average Bonchev–Trinajstić information content (AvgIpc) is 2.79. The lowest BCUT2D eigenvalue weighted by Crippen LogP contribution is -2.39. The van der Waals surface area contributed by atoms with Gasteiger partial charge in [0.1, 0.15) is 0 Å². The van der Waals surface area contributed by atoms with Crippen LogP contribution in [0.15, 0.2) is 4.42 Å². The topological polar surface area (TPSA) is 77.4 Å². The molecule has 0 radical (unpaired) electrons. The van der Waals surface area contributed by atoms with Crippen molar-refractivity contribution in [2.45, 2.75) is 32.3 Å². The summed E-state index contributed by atoms with van der Waals surface area (Å²) in [6.07, 6.45) is 3.11. The standard InChI is InChI=1S/C11H20N4O2/c1-2-16-9-4-3-7-15(8-9)11-14-13-10(17-11)5-6-12/h9H,2-8,12H2,1H3.